The molecule has 25 heavy (non-hydrogen) atoms. The van der Waals surface area contributed by atoms with Gasteiger partial charge in [-0.1, -0.05) is 0 Å². The van der Waals surface area contributed by atoms with Crippen molar-refractivity contribution >= 4 is 11.8 Å². The first-order valence-electron chi connectivity index (χ1n) is 8.63. The van der Waals surface area contributed by atoms with Crippen LogP contribution >= 0.6 is 0 Å². The average Bonchev–Trinajstić information content (AvgIpc) is 3.15. The number of nitrogens with one attached hydrogen (secondary N) is 1. The lowest BCUT2D eigenvalue weighted by Crippen LogP contribution is -2.40. The molecule has 8 nitrogen and oxygen atoms in total. The fourth-order valence-corrected chi connectivity index (χ4v) is 2.65. The smallest absolute Gasteiger partial charge is 0.274 e. The highest BCUT2D eigenvalue weighted by atomic mass is 16.5. The molecule has 0 aliphatic carbocycles. The van der Waals surface area contributed by atoms with Crippen molar-refractivity contribution < 1.29 is 19.1 Å². The molecule has 1 fully saturated rings. The van der Waals surface area contributed by atoms with E-state index < -0.39 is 0 Å². The van der Waals surface area contributed by atoms with Crippen molar-refractivity contribution in [3.63, 3.8) is 0 Å². The normalized spacial score (nSPS) is 16.6. The first kappa shape index (κ1) is 19.3. The van der Waals surface area contributed by atoms with Crippen LogP contribution in [0.1, 0.15) is 36.2 Å². The van der Waals surface area contributed by atoms with E-state index in [1.54, 1.807) is 12.0 Å². The lowest BCUT2D eigenvalue weighted by Gasteiger charge is -2.25. The number of nitrogens with zero attached hydrogens (tertiary/aromatic N) is 3. The lowest BCUT2D eigenvalue weighted by atomic mass is 10.2. The predicted molar refractivity (Wildman–Crippen MR) is 91.0 cm³/mol. The van der Waals surface area contributed by atoms with E-state index in [0.717, 1.165) is 25.9 Å². The van der Waals surface area contributed by atoms with Crippen molar-refractivity contribution in [2.45, 2.75) is 31.8 Å². The molecule has 1 aromatic heterocycles. The van der Waals surface area contributed by atoms with Gasteiger partial charge < -0.3 is 19.7 Å². The number of aromatic nitrogens is 2. The van der Waals surface area contributed by atoms with Gasteiger partial charge in [0, 0.05) is 58.8 Å². The van der Waals surface area contributed by atoms with Crippen molar-refractivity contribution in [1.29, 1.82) is 0 Å². The maximum absolute atomic E-state index is 12.7. The maximum atomic E-state index is 12.7. The van der Waals surface area contributed by atoms with Crippen molar-refractivity contribution in [2.75, 3.05) is 40.0 Å². The van der Waals surface area contributed by atoms with Crippen LogP contribution in [-0.4, -0.2) is 72.7 Å². The van der Waals surface area contributed by atoms with Crippen LogP contribution in [0.2, 0.25) is 0 Å². The Morgan fingerprint density at radius 1 is 1.44 bits per heavy atom. The molecule has 0 bridgehead atoms. The van der Waals surface area contributed by atoms with E-state index in [4.69, 9.17) is 9.47 Å². The molecule has 1 unspecified atom stereocenters. The third kappa shape index (κ3) is 6.75. The minimum atomic E-state index is -0.226. The standard InChI is InChI=1S/C17H26N4O4/c1-24-10-3-6-20-16(22)5-9-21(13-14-4-2-11-25-14)17(23)15-12-18-7-8-19-15/h7-8,12,14H,2-6,9-11,13H2,1H3,(H,20,22). The molecule has 1 aliphatic heterocycles. The highest BCUT2D eigenvalue weighted by molar-refractivity contribution is 5.92. The van der Waals surface area contributed by atoms with Crippen LogP contribution in [-0.2, 0) is 14.3 Å². The van der Waals surface area contributed by atoms with Gasteiger partial charge in [-0.15, -0.1) is 0 Å². The summed E-state index contributed by atoms with van der Waals surface area (Å²) in [7, 11) is 1.63. The van der Waals surface area contributed by atoms with E-state index in [1.807, 2.05) is 0 Å². The number of hydrogen-bond donors (Lipinski definition) is 1. The van der Waals surface area contributed by atoms with Gasteiger partial charge in [0.2, 0.25) is 5.91 Å². The number of rotatable bonds is 10. The fourth-order valence-electron chi connectivity index (χ4n) is 2.65. The van der Waals surface area contributed by atoms with Crippen molar-refractivity contribution in [1.82, 2.24) is 20.2 Å². The summed E-state index contributed by atoms with van der Waals surface area (Å²) in [4.78, 5) is 34.3. The second-order valence-electron chi connectivity index (χ2n) is 5.92. The SMILES string of the molecule is COCCCNC(=O)CCN(CC1CCCO1)C(=O)c1cnccn1. The van der Waals surface area contributed by atoms with Gasteiger partial charge >= 0.3 is 0 Å². The molecule has 0 radical (unpaired) electrons. The molecule has 0 saturated carbocycles. The number of methoxy groups -OCH3 is 1. The Morgan fingerprint density at radius 3 is 3.00 bits per heavy atom. The van der Waals surface area contributed by atoms with Gasteiger partial charge in [-0.05, 0) is 19.3 Å². The molecule has 0 spiro atoms. The molecule has 1 aromatic rings. The summed E-state index contributed by atoms with van der Waals surface area (Å²) in [5.74, 6) is -0.309. The Kier molecular flexibility index (Phi) is 8.27. The van der Waals surface area contributed by atoms with Gasteiger partial charge in [0.15, 0.2) is 0 Å². The van der Waals surface area contributed by atoms with Gasteiger partial charge in [0.05, 0.1) is 12.3 Å². The van der Waals surface area contributed by atoms with Crippen LogP contribution < -0.4 is 5.32 Å². The lowest BCUT2D eigenvalue weighted by molar-refractivity contribution is -0.121. The van der Waals surface area contributed by atoms with Gasteiger partial charge in [0.25, 0.3) is 5.91 Å². The summed E-state index contributed by atoms with van der Waals surface area (Å²) in [6, 6.07) is 0. The number of carbonyl (C=O) groups is 2. The largest absolute Gasteiger partial charge is 0.385 e. The molecule has 1 atom stereocenters. The molecule has 1 aliphatic rings. The van der Waals surface area contributed by atoms with E-state index in [0.29, 0.717) is 26.2 Å². The minimum absolute atomic E-state index is 0.0189. The van der Waals surface area contributed by atoms with Crippen molar-refractivity contribution in [3.05, 3.63) is 24.3 Å². The molecular weight excluding hydrogens is 324 g/mol. The number of carbonyl (C=O) groups excluding carboxylic acids is 2. The topological polar surface area (TPSA) is 93.7 Å². The van der Waals surface area contributed by atoms with E-state index in [2.05, 4.69) is 15.3 Å². The summed E-state index contributed by atoms with van der Waals surface area (Å²) in [6.45, 7) is 2.68. The second-order valence-corrected chi connectivity index (χ2v) is 5.92. The molecular formula is C17H26N4O4. The van der Waals surface area contributed by atoms with Crippen LogP contribution in [0.3, 0.4) is 0 Å². The average molecular weight is 350 g/mol. The molecule has 138 valence electrons. The van der Waals surface area contributed by atoms with Crippen LogP contribution in [0.5, 0.6) is 0 Å². The summed E-state index contributed by atoms with van der Waals surface area (Å²) >= 11 is 0. The molecule has 2 heterocycles. The van der Waals surface area contributed by atoms with Crippen LogP contribution in [0.25, 0.3) is 0 Å². The summed E-state index contributed by atoms with van der Waals surface area (Å²) in [6.07, 6.45) is 7.40. The number of hydrogen-bond acceptors (Lipinski definition) is 6. The predicted octanol–water partition coefficient (Wildman–Crippen LogP) is 0.641. The third-order valence-electron chi connectivity index (χ3n) is 3.97. The van der Waals surface area contributed by atoms with Gasteiger partial charge in [-0.3, -0.25) is 14.6 Å². The van der Waals surface area contributed by atoms with Crippen molar-refractivity contribution in [2.24, 2.45) is 0 Å². The van der Waals surface area contributed by atoms with E-state index >= 15 is 0 Å². The Balaban J connectivity index is 1.87. The third-order valence-corrected chi connectivity index (χ3v) is 3.97. The molecule has 2 amide bonds. The zero-order valence-electron chi connectivity index (χ0n) is 14.6. The second kappa shape index (κ2) is 10.7. The summed E-state index contributed by atoms with van der Waals surface area (Å²) in [5, 5.41) is 2.83. The zero-order chi connectivity index (χ0) is 17.9. The van der Waals surface area contributed by atoms with Crippen LogP contribution in [0.15, 0.2) is 18.6 Å². The van der Waals surface area contributed by atoms with Gasteiger partial charge in [0.1, 0.15) is 5.69 Å². The van der Waals surface area contributed by atoms with E-state index in [9.17, 15) is 9.59 Å². The van der Waals surface area contributed by atoms with Gasteiger partial charge in [-0.25, -0.2) is 4.98 Å². The summed E-state index contributed by atoms with van der Waals surface area (Å²) < 4.78 is 10.6. The Labute approximate surface area is 147 Å². The summed E-state index contributed by atoms with van der Waals surface area (Å²) in [5.41, 5.74) is 0.279. The Morgan fingerprint density at radius 2 is 2.32 bits per heavy atom. The molecule has 8 heteroatoms. The first-order chi connectivity index (χ1) is 12.2. The molecule has 1 N–H and O–H groups in total. The van der Waals surface area contributed by atoms with Crippen LogP contribution in [0.4, 0.5) is 0 Å². The van der Waals surface area contributed by atoms with Crippen molar-refractivity contribution in [3.8, 4) is 0 Å². The first-order valence-corrected chi connectivity index (χ1v) is 8.63. The Hall–Kier alpha value is -2.06. The molecule has 1 saturated heterocycles. The number of amides is 2. The molecule has 0 aromatic carbocycles. The van der Waals surface area contributed by atoms with E-state index in [-0.39, 0.29) is 30.0 Å². The fraction of sp³-hybridized carbons (Fsp3) is 0.647. The molecule has 2 rings (SSSR count). The maximum Gasteiger partial charge on any atom is 0.274 e. The Bertz CT molecular complexity index is 535. The highest BCUT2D eigenvalue weighted by Gasteiger charge is 2.24. The monoisotopic (exact) mass is 350 g/mol. The van der Waals surface area contributed by atoms with Crippen LogP contribution in [0, 0.1) is 0 Å². The minimum Gasteiger partial charge on any atom is -0.385 e. The quantitative estimate of drug-likeness (QED) is 0.623. The highest BCUT2D eigenvalue weighted by Crippen LogP contribution is 2.14. The number of ether oxygens (including phenoxy) is 2. The van der Waals surface area contributed by atoms with E-state index in [1.165, 1.54) is 18.6 Å². The van der Waals surface area contributed by atoms with Gasteiger partial charge in [-0.2, -0.15) is 0 Å². The zero-order valence-corrected chi connectivity index (χ0v) is 14.6.